The first-order valence-corrected chi connectivity index (χ1v) is 5.75. The van der Waals surface area contributed by atoms with E-state index in [-0.39, 0.29) is 17.0 Å². The molecule has 0 saturated carbocycles. The first-order valence-electron chi connectivity index (χ1n) is 5.75. The van der Waals surface area contributed by atoms with Gasteiger partial charge in [-0.05, 0) is 38.3 Å². The number of hydrogen-bond donors (Lipinski definition) is 1. The molecule has 0 spiro atoms. The molecule has 1 fully saturated rings. The topological polar surface area (TPSA) is 62.4 Å². The van der Waals surface area contributed by atoms with Crippen molar-refractivity contribution in [1.82, 2.24) is 10.0 Å². The fraction of sp³-hybridized carbons (Fsp3) is 0.500. The fourth-order valence-electron chi connectivity index (χ4n) is 2.00. The van der Waals surface area contributed by atoms with Crippen LogP contribution >= 0.6 is 0 Å². The van der Waals surface area contributed by atoms with Gasteiger partial charge in [-0.1, -0.05) is 0 Å². The van der Waals surface area contributed by atoms with Crippen molar-refractivity contribution < 1.29 is 9.63 Å². The summed E-state index contributed by atoms with van der Waals surface area (Å²) in [6, 6.07) is 1.79. The SMILES string of the molecule is Cc1cc(C)c(C(=O)N2CCCCO2)c(=O)[nH]1. The number of H-pyrrole nitrogens is 1. The lowest BCUT2D eigenvalue weighted by Crippen LogP contribution is -2.39. The average Bonchev–Trinajstić information content (AvgIpc) is 2.28. The summed E-state index contributed by atoms with van der Waals surface area (Å²) in [4.78, 5) is 31.8. The number of carbonyl (C=O) groups excluding carboxylic acids is 1. The Balaban J connectivity index is 2.33. The van der Waals surface area contributed by atoms with Gasteiger partial charge >= 0.3 is 0 Å². The zero-order valence-electron chi connectivity index (χ0n) is 10.1. The molecule has 1 aliphatic rings. The highest BCUT2D eigenvalue weighted by Gasteiger charge is 2.23. The molecule has 2 rings (SSSR count). The zero-order valence-corrected chi connectivity index (χ0v) is 10.1. The van der Waals surface area contributed by atoms with E-state index in [0.717, 1.165) is 18.5 Å². The Bertz CT molecular complexity index is 487. The average molecular weight is 236 g/mol. The molecule has 0 aliphatic carbocycles. The molecule has 0 atom stereocenters. The molecule has 1 saturated heterocycles. The van der Waals surface area contributed by atoms with Crippen molar-refractivity contribution in [2.45, 2.75) is 26.7 Å². The molecule has 0 bridgehead atoms. The lowest BCUT2D eigenvalue weighted by Gasteiger charge is -2.26. The normalized spacial score (nSPS) is 16.0. The second-order valence-electron chi connectivity index (χ2n) is 4.29. The van der Waals surface area contributed by atoms with Crippen molar-refractivity contribution in [2.24, 2.45) is 0 Å². The molecule has 5 heteroatoms. The Kier molecular flexibility index (Phi) is 3.28. The number of carbonyl (C=O) groups is 1. The first kappa shape index (κ1) is 11.9. The number of hydroxylamine groups is 2. The van der Waals surface area contributed by atoms with E-state index in [1.807, 2.05) is 0 Å². The second-order valence-corrected chi connectivity index (χ2v) is 4.29. The smallest absolute Gasteiger partial charge is 0.283 e. The molecule has 0 radical (unpaired) electrons. The van der Waals surface area contributed by atoms with Gasteiger partial charge in [0.25, 0.3) is 11.5 Å². The van der Waals surface area contributed by atoms with E-state index in [2.05, 4.69) is 4.98 Å². The third kappa shape index (κ3) is 2.39. The van der Waals surface area contributed by atoms with Crippen molar-refractivity contribution in [3.05, 3.63) is 33.2 Å². The van der Waals surface area contributed by atoms with Crippen LogP contribution in [-0.4, -0.2) is 29.1 Å². The van der Waals surface area contributed by atoms with E-state index >= 15 is 0 Å². The molecule has 1 amide bonds. The number of aromatic amines is 1. The van der Waals surface area contributed by atoms with E-state index in [4.69, 9.17) is 4.84 Å². The van der Waals surface area contributed by atoms with Gasteiger partial charge < -0.3 is 4.98 Å². The van der Waals surface area contributed by atoms with Crippen LogP contribution in [-0.2, 0) is 4.84 Å². The van der Waals surface area contributed by atoms with Gasteiger partial charge in [0.2, 0.25) is 0 Å². The first-order chi connectivity index (χ1) is 8.09. The van der Waals surface area contributed by atoms with Gasteiger partial charge in [0, 0.05) is 12.2 Å². The molecule has 17 heavy (non-hydrogen) atoms. The molecular weight excluding hydrogens is 220 g/mol. The number of amides is 1. The molecule has 2 heterocycles. The predicted molar refractivity (Wildman–Crippen MR) is 62.8 cm³/mol. The van der Waals surface area contributed by atoms with Crippen LogP contribution in [0.1, 0.15) is 34.5 Å². The molecule has 92 valence electrons. The summed E-state index contributed by atoms with van der Waals surface area (Å²) in [6.45, 7) is 4.64. The Labute approximate surface area is 99.4 Å². The van der Waals surface area contributed by atoms with E-state index < -0.39 is 0 Å². The van der Waals surface area contributed by atoms with Crippen molar-refractivity contribution in [3.63, 3.8) is 0 Å². The van der Waals surface area contributed by atoms with Crippen LogP contribution in [0.3, 0.4) is 0 Å². The predicted octanol–water partition coefficient (Wildman–Crippen LogP) is 1.16. The van der Waals surface area contributed by atoms with Crippen molar-refractivity contribution in [3.8, 4) is 0 Å². The number of aromatic nitrogens is 1. The van der Waals surface area contributed by atoms with Crippen LogP contribution in [0, 0.1) is 13.8 Å². The maximum Gasteiger partial charge on any atom is 0.283 e. The molecule has 0 aromatic carbocycles. The van der Waals surface area contributed by atoms with Crippen molar-refractivity contribution in [1.29, 1.82) is 0 Å². The maximum atomic E-state index is 12.1. The Morgan fingerprint density at radius 3 is 2.76 bits per heavy atom. The number of rotatable bonds is 1. The van der Waals surface area contributed by atoms with Gasteiger partial charge in [0.1, 0.15) is 5.56 Å². The number of aryl methyl sites for hydroxylation is 2. The third-order valence-corrected chi connectivity index (χ3v) is 2.81. The summed E-state index contributed by atoms with van der Waals surface area (Å²) in [6.07, 6.45) is 1.86. The van der Waals surface area contributed by atoms with E-state index in [1.54, 1.807) is 19.9 Å². The van der Waals surface area contributed by atoms with E-state index in [1.165, 1.54) is 5.06 Å². The minimum absolute atomic E-state index is 0.178. The van der Waals surface area contributed by atoms with Crippen molar-refractivity contribution >= 4 is 5.91 Å². The molecule has 1 aromatic heterocycles. The van der Waals surface area contributed by atoms with Crippen molar-refractivity contribution in [2.75, 3.05) is 13.2 Å². The van der Waals surface area contributed by atoms with Gasteiger partial charge in [-0.25, -0.2) is 5.06 Å². The summed E-state index contributed by atoms with van der Waals surface area (Å²) in [5.74, 6) is -0.344. The molecule has 5 nitrogen and oxygen atoms in total. The second kappa shape index (κ2) is 4.71. The lowest BCUT2D eigenvalue weighted by molar-refractivity contribution is -0.144. The Hall–Kier alpha value is -1.62. The number of pyridine rings is 1. The Morgan fingerprint density at radius 1 is 1.41 bits per heavy atom. The van der Waals surface area contributed by atoms with Gasteiger partial charge in [-0.15, -0.1) is 0 Å². The maximum absolute atomic E-state index is 12.1. The molecule has 1 aromatic rings. The number of nitrogens with zero attached hydrogens (tertiary/aromatic N) is 1. The highest BCUT2D eigenvalue weighted by molar-refractivity contribution is 5.94. The van der Waals surface area contributed by atoms with Gasteiger partial charge in [0.05, 0.1) is 6.61 Å². The van der Waals surface area contributed by atoms with Crippen LogP contribution in [0.25, 0.3) is 0 Å². The summed E-state index contributed by atoms with van der Waals surface area (Å²) in [5.41, 5.74) is 1.27. The summed E-state index contributed by atoms with van der Waals surface area (Å²) >= 11 is 0. The van der Waals surface area contributed by atoms with Gasteiger partial charge in [-0.2, -0.15) is 0 Å². The number of nitrogens with one attached hydrogen (secondary N) is 1. The quantitative estimate of drug-likeness (QED) is 0.795. The van der Waals surface area contributed by atoms with Crippen LogP contribution < -0.4 is 5.56 Å². The number of hydrogen-bond acceptors (Lipinski definition) is 3. The summed E-state index contributed by atoms with van der Waals surface area (Å²) in [5, 5.41) is 1.29. The molecule has 1 N–H and O–H groups in total. The van der Waals surface area contributed by atoms with Gasteiger partial charge in [-0.3, -0.25) is 14.4 Å². The van der Waals surface area contributed by atoms with Crippen LogP contribution in [0.15, 0.2) is 10.9 Å². The van der Waals surface area contributed by atoms with E-state index in [0.29, 0.717) is 18.7 Å². The highest BCUT2D eigenvalue weighted by Crippen LogP contribution is 2.12. The van der Waals surface area contributed by atoms with Crippen LogP contribution in [0.5, 0.6) is 0 Å². The summed E-state index contributed by atoms with van der Waals surface area (Å²) in [7, 11) is 0. The van der Waals surface area contributed by atoms with Crippen LogP contribution in [0.2, 0.25) is 0 Å². The Morgan fingerprint density at radius 2 is 2.18 bits per heavy atom. The summed E-state index contributed by atoms with van der Waals surface area (Å²) < 4.78 is 0. The minimum Gasteiger partial charge on any atom is -0.326 e. The van der Waals surface area contributed by atoms with E-state index in [9.17, 15) is 9.59 Å². The monoisotopic (exact) mass is 236 g/mol. The molecule has 1 aliphatic heterocycles. The standard InChI is InChI=1S/C12H16N2O3/c1-8-7-9(2)13-11(15)10(8)12(16)14-5-3-4-6-17-14/h7H,3-6H2,1-2H3,(H,13,15). The highest BCUT2D eigenvalue weighted by atomic mass is 16.7. The third-order valence-electron chi connectivity index (χ3n) is 2.81. The largest absolute Gasteiger partial charge is 0.326 e. The fourth-order valence-corrected chi connectivity index (χ4v) is 2.00. The molecular formula is C12H16N2O3. The molecule has 0 unspecified atom stereocenters. The zero-order chi connectivity index (χ0) is 12.4. The lowest BCUT2D eigenvalue weighted by atomic mass is 10.1. The van der Waals surface area contributed by atoms with Crippen LogP contribution in [0.4, 0.5) is 0 Å². The minimum atomic E-state index is -0.346. The van der Waals surface area contributed by atoms with Gasteiger partial charge in [0.15, 0.2) is 0 Å².